The molecule has 2 rings (SSSR count). The van der Waals surface area contributed by atoms with Crippen LogP contribution < -0.4 is 10.6 Å². The summed E-state index contributed by atoms with van der Waals surface area (Å²) in [5.41, 5.74) is -0.0659. The molecule has 1 aliphatic heterocycles. The van der Waals surface area contributed by atoms with Gasteiger partial charge in [0, 0.05) is 19.6 Å². The molecule has 0 aliphatic carbocycles. The van der Waals surface area contributed by atoms with E-state index < -0.39 is 34.5 Å². The number of esters is 1. The lowest BCUT2D eigenvalue weighted by Gasteiger charge is -2.30. The molecule has 1 heterocycles. The van der Waals surface area contributed by atoms with Gasteiger partial charge in [0.05, 0.1) is 10.6 Å². The van der Waals surface area contributed by atoms with E-state index in [9.17, 15) is 22.8 Å². The third-order valence-corrected chi connectivity index (χ3v) is 6.68. The molecule has 0 spiro atoms. The number of rotatable bonds is 6. The first-order valence-electron chi connectivity index (χ1n) is 9.19. The molecule has 0 unspecified atom stereocenters. The minimum atomic E-state index is -3.87. The number of amides is 3. The number of sulfonamides is 1. The van der Waals surface area contributed by atoms with Crippen molar-refractivity contribution in [2.24, 2.45) is 5.92 Å². The fourth-order valence-corrected chi connectivity index (χ4v) is 5.01. The van der Waals surface area contributed by atoms with Gasteiger partial charge < -0.3 is 10.1 Å². The molecule has 1 aromatic carbocycles. The summed E-state index contributed by atoms with van der Waals surface area (Å²) in [6.07, 6.45) is 1.70. The van der Waals surface area contributed by atoms with Crippen molar-refractivity contribution in [2.75, 3.05) is 26.2 Å². The highest BCUT2D eigenvalue weighted by Gasteiger charge is 2.31. The molecule has 1 aliphatic rings. The Morgan fingerprint density at radius 2 is 2.03 bits per heavy atom. The van der Waals surface area contributed by atoms with E-state index in [1.54, 1.807) is 6.92 Å². The normalized spacial score (nSPS) is 17.4. The number of nitrogens with one attached hydrogen (secondary N) is 2. The standard InChI is InChI=1S/C18H24ClN3O6S/c1-3-20-18(25)21-16(23)11-28-17(24)13-6-7-14(19)15(9-13)29(26,27)22-8-4-5-12(2)10-22/h6-7,9,12H,3-5,8,10-11H2,1-2H3,(H2,20,21,23,25)/t12-/m1/s1. The number of halogens is 1. The zero-order valence-electron chi connectivity index (χ0n) is 16.2. The Bertz CT molecular complexity index is 890. The molecule has 29 heavy (non-hydrogen) atoms. The fraction of sp³-hybridized carbons (Fsp3) is 0.500. The van der Waals surface area contributed by atoms with Gasteiger partial charge in [0.1, 0.15) is 4.90 Å². The molecule has 0 radical (unpaired) electrons. The van der Waals surface area contributed by atoms with E-state index in [-0.39, 0.29) is 21.4 Å². The number of carbonyl (C=O) groups is 3. The largest absolute Gasteiger partial charge is 0.452 e. The van der Waals surface area contributed by atoms with Crippen molar-refractivity contribution in [1.29, 1.82) is 0 Å². The summed E-state index contributed by atoms with van der Waals surface area (Å²) in [6.45, 7) is 4.07. The van der Waals surface area contributed by atoms with E-state index in [4.69, 9.17) is 16.3 Å². The highest BCUT2D eigenvalue weighted by Crippen LogP contribution is 2.29. The second-order valence-corrected chi connectivity index (χ2v) is 9.05. The molecule has 11 heteroatoms. The van der Waals surface area contributed by atoms with Gasteiger partial charge in [-0.05, 0) is 43.9 Å². The Kier molecular flexibility index (Phi) is 8.00. The highest BCUT2D eigenvalue weighted by atomic mass is 35.5. The van der Waals surface area contributed by atoms with Gasteiger partial charge in [-0.25, -0.2) is 18.0 Å². The summed E-state index contributed by atoms with van der Waals surface area (Å²) >= 11 is 6.09. The number of nitrogens with zero attached hydrogens (tertiary/aromatic N) is 1. The molecule has 1 aromatic rings. The quantitative estimate of drug-likeness (QED) is 0.643. The van der Waals surface area contributed by atoms with E-state index in [0.717, 1.165) is 18.9 Å². The fourth-order valence-electron chi connectivity index (χ4n) is 2.91. The van der Waals surface area contributed by atoms with Gasteiger partial charge >= 0.3 is 12.0 Å². The van der Waals surface area contributed by atoms with Gasteiger partial charge in [0.2, 0.25) is 10.0 Å². The first-order chi connectivity index (χ1) is 13.6. The van der Waals surface area contributed by atoms with E-state index in [0.29, 0.717) is 19.6 Å². The molecular weight excluding hydrogens is 422 g/mol. The predicted octanol–water partition coefficient (Wildman–Crippen LogP) is 1.76. The number of piperidine rings is 1. The Morgan fingerprint density at radius 3 is 2.69 bits per heavy atom. The van der Waals surface area contributed by atoms with Crippen molar-refractivity contribution in [3.05, 3.63) is 28.8 Å². The van der Waals surface area contributed by atoms with Crippen molar-refractivity contribution in [1.82, 2.24) is 14.9 Å². The van der Waals surface area contributed by atoms with Crippen molar-refractivity contribution in [2.45, 2.75) is 31.6 Å². The van der Waals surface area contributed by atoms with Crippen molar-refractivity contribution >= 4 is 39.5 Å². The maximum absolute atomic E-state index is 13.0. The van der Waals surface area contributed by atoms with E-state index >= 15 is 0 Å². The Morgan fingerprint density at radius 1 is 1.31 bits per heavy atom. The van der Waals surface area contributed by atoms with Crippen LogP contribution in [0.2, 0.25) is 5.02 Å². The third-order valence-electron chi connectivity index (χ3n) is 4.33. The predicted molar refractivity (Wildman–Crippen MR) is 106 cm³/mol. The minimum Gasteiger partial charge on any atom is -0.452 e. The van der Waals surface area contributed by atoms with Crippen LogP contribution in [0.1, 0.15) is 37.0 Å². The molecule has 1 saturated heterocycles. The Hall–Kier alpha value is -2.17. The van der Waals surface area contributed by atoms with Gasteiger partial charge in [0.15, 0.2) is 6.61 Å². The molecule has 1 fully saturated rings. The smallest absolute Gasteiger partial charge is 0.338 e. The summed E-state index contributed by atoms with van der Waals surface area (Å²) in [4.78, 5) is 34.9. The van der Waals surface area contributed by atoms with Gasteiger partial charge in [-0.3, -0.25) is 10.1 Å². The number of carbonyl (C=O) groups excluding carboxylic acids is 3. The van der Waals surface area contributed by atoms with E-state index in [1.807, 2.05) is 12.2 Å². The van der Waals surface area contributed by atoms with Crippen molar-refractivity contribution < 1.29 is 27.5 Å². The van der Waals surface area contributed by atoms with Gasteiger partial charge in [-0.2, -0.15) is 4.31 Å². The van der Waals surface area contributed by atoms with Gasteiger partial charge in [0.25, 0.3) is 5.91 Å². The SMILES string of the molecule is CCNC(=O)NC(=O)COC(=O)c1ccc(Cl)c(S(=O)(=O)N2CCC[C@@H](C)C2)c1. The summed E-state index contributed by atoms with van der Waals surface area (Å²) in [7, 11) is -3.87. The summed E-state index contributed by atoms with van der Waals surface area (Å²) < 4.78 is 32.1. The van der Waals surface area contributed by atoms with E-state index in [2.05, 4.69) is 5.32 Å². The number of urea groups is 1. The molecule has 3 amide bonds. The molecule has 160 valence electrons. The van der Waals surface area contributed by atoms with Crippen LogP contribution in [0.5, 0.6) is 0 Å². The molecule has 0 aromatic heterocycles. The molecule has 0 bridgehead atoms. The van der Waals surface area contributed by atoms with Crippen LogP contribution in [0, 0.1) is 5.92 Å². The van der Waals surface area contributed by atoms with Gasteiger partial charge in [-0.1, -0.05) is 18.5 Å². The molecule has 2 N–H and O–H groups in total. The maximum atomic E-state index is 13.0. The lowest BCUT2D eigenvalue weighted by molar-refractivity contribution is -0.123. The molecule has 9 nitrogen and oxygen atoms in total. The summed E-state index contributed by atoms with van der Waals surface area (Å²) in [6, 6.07) is 3.04. The maximum Gasteiger partial charge on any atom is 0.338 e. The molecule has 0 saturated carbocycles. The van der Waals surface area contributed by atoms with Crippen LogP contribution in [0.15, 0.2) is 23.1 Å². The number of hydrogen-bond acceptors (Lipinski definition) is 6. The minimum absolute atomic E-state index is 0.00578. The van der Waals surface area contributed by atoms with Crippen LogP contribution in [-0.4, -0.2) is 56.9 Å². The van der Waals surface area contributed by atoms with Crippen LogP contribution in [0.4, 0.5) is 4.79 Å². The van der Waals surface area contributed by atoms with Crippen LogP contribution >= 0.6 is 11.6 Å². The first kappa shape index (κ1) is 23.1. The molecular formula is C18H24ClN3O6S. The monoisotopic (exact) mass is 445 g/mol. The zero-order valence-corrected chi connectivity index (χ0v) is 17.8. The number of hydrogen-bond donors (Lipinski definition) is 2. The van der Waals surface area contributed by atoms with E-state index in [1.165, 1.54) is 16.4 Å². The first-order valence-corrected chi connectivity index (χ1v) is 11.0. The van der Waals surface area contributed by atoms with Crippen LogP contribution in [0.25, 0.3) is 0 Å². The summed E-state index contributed by atoms with van der Waals surface area (Å²) in [5, 5.41) is 4.35. The third kappa shape index (κ3) is 6.15. The van der Waals surface area contributed by atoms with Crippen molar-refractivity contribution in [3.63, 3.8) is 0 Å². The Balaban J connectivity index is 2.10. The van der Waals surface area contributed by atoms with Crippen LogP contribution in [0.3, 0.4) is 0 Å². The van der Waals surface area contributed by atoms with Gasteiger partial charge in [-0.15, -0.1) is 0 Å². The number of imide groups is 1. The topological polar surface area (TPSA) is 122 Å². The summed E-state index contributed by atoms with van der Waals surface area (Å²) in [5.74, 6) is -1.49. The molecule has 1 atom stereocenters. The lowest BCUT2D eigenvalue weighted by atomic mass is 10.0. The van der Waals surface area contributed by atoms with Crippen molar-refractivity contribution in [3.8, 4) is 0 Å². The second kappa shape index (κ2) is 10.0. The zero-order chi connectivity index (χ0) is 21.6. The number of ether oxygens (including phenoxy) is 1. The highest BCUT2D eigenvalue weighted by molar-refractivity contribution is 7.89. The average molecular weight is 446 g/mol. The second-order valence-electron chi connectivity index (χ2n) is 6.74. The average Bonchev–Trinajstić information content (AvgIpc) is 2.66. The lowest BCUT2D eigenvalue weighted by Crippen LogP contribution is -2.41. The van der Waals surface area contributed by atoms with Crippen LogP contribution in [-0.2, 0) is 19.6 Å². The number of benzene rings is 1. The Labute approximate surface area is 174 Å².